The molecule has 0 amide bonds. The van der Waals surface area contributed by atoms with Crippen LogP contribution < -0.4 is 14.8 Å². The number of likely N-dealkylation sites (N-methyl/N-ethyl adjacent to an activating group) is 1. The van der Waals surface area contributed by atoms with Crippen molar-refractivity contribution in [3.8, 4) is 17.2 Å². The van der Waals surface area contributed by atoms with E-state index in [4.69, 9.17) is 9.47 Å². The van der Waals surface area contributed by atoms with E-state index in [1.807, 2.05) is 37.4 Å². The van der Waals surface area contributed by atoms with Crippen LogP contribution in [0.5, 0.6) is 17.2 Å². The van der Waals surface area contributed by atoms with E-state index in [1.54, 1.807) is 13.2 Å². The van der Waals surface area contributed by atoms with Gasteiger partial charge in [0.15, 0.2) is 11.5 Å². The average Bonchev–Trinajstić information content (AvgIpc) is 2.79. The molecule has 0 saturated carbocycles. The summed E-state index contributed by atoms with van der Waals surface area (Å²) >= 11 is 0. The van der Waals surface area contributed by atoms with E-state index in [9.17, 15) is 5.11 Å². The van der Waals surface area contributed by atoms with Gasteiger partial charge in [0.1, 0.15) is 12.4 Å². The van der Waals surface area contributed by atoms with Crippen molar-refractivity contribution in [1.29, 1.82) is 0 Å². The molecule has 3 rings (SSSR count). The van der Waals surface area contributed by atoms with Crippen molar-refractivity contribution < 1.29 is 14.6 Å². The monoisotopic (exact) mass is 403 g/mol. The van der Waals surface area contributed by atoms with Crippen LogP contribution in [0.3, 0.4) is 0 Å². The number of benzene rings is 3. The minimum absolute atomic E-state index is 0.131. The van der Waals surface area contributed by atoms with Gasteiger partial charge in [-0.25, -0.2) is 0 Å². The highest BCUT2D eigenvalue weighted by atomic mass is 16.5. The quantitative estimate of drug-likeness (QED) is 0.373. The van der Waals surface area contributed by atoms with E-state index < -0.39 is 0 Å². The molecule has 30 heavy (non-hydrogen) atoms. The molecule has 0 atom stereocenters. The molecule has 0 saturated heterocycles. The van der Waals surface area contributed by atoms with Crippen LogP contribution in [0.25, 0.3) is 11.1 Å². The van der Waals surface area contributed by atoms with Gasteiger partial charge in [0.05, 0.1) is 7.11 Å². The molecule has 0 fully saturated rings. The Kier molecular flexibility index (Phi) is 7.52. The largest absolute Gasteiger partial charge is 0.504 e. The molecule has 2 N–H and O–H groups in total. The third-order valence-electron chi connectivity index (χ3n) is 5.01. The highest BCUT2D eigenvalue weighted by Crippen LogP contribution is 2.38. The standard InChI is InChI=1S/C26H29NO3/c1-4-23(19-8-6-5-7-9-19)26(21-12-15-24(28)25(18-21)29-3)20-10-13-22(14-11-20)30-17-16-27-2/h5-15,18,27-28H,4,16-17H2,1-3H3/b26-23+. The second-order valence-corrected chi connectivity index (χ2v) is 6.94. The normalized spacial score (nSPS) is 11.7. The molecule has 0 aromatic heterocycles. The number of rotatable bonds is 9. The zero-order chi connectivity index (χ0) is 21.3. The third kappa shape index (κ3) is 5.02. The fourth-order valence-electron chi connectivity index (χ4n) is 3.50. The van der Waals surface area contributed by atoms with Crippen LogP contribution in [-0.2, 0) is 0 Å². The van der Waals surface area contributed by atoms with Crippen LogP contribution in [0.2, 0.25) is 0 Å². The summed E-state index contributed by atoms with van der Waals surface area (Å²) in [4.78, 5) is 0. The number of aromatic hydroxyl groups is 1. The number of nitrogens with one attached hydrogen (secondary N) is 1. The molecule has 0 aliphatic heterocycles. The summed E-state index contributed by atoms with van der Waals surface area (Å²) in [6, 6.07) is 24.1. The molecule has 0 bridgehead atoms. The molecular weight excluding hydrogens is 374 g/mol. The second kappa shape index (κ2) is 10.5. The fraction of sp³-hybridized carbons (Fsp3) is 0.231. The molecule has 4 nitrogen and oxygen atoms in total. The predicted octanol–water partition coefficient (Wildman–Crippen LogP) is 5.37. The molecule has 0 aliphatic rings. The van der Waals surface area contributed by atoms with E-state index in [0.29, 0.717) is 12.4 Å². The molecule has 3 aromatic rings. The highest BCUT2D eigenvalue weighted by molar-refractivity contribution is 5.98. The number of phenols is 1. The van der Waals surface area contributed by atoms with E-state index in [0.717, 1.165) is 35.4 Å². The maximum absolute atomic E-state index is 10.1. The minimum atomic E-state index is 0.131. The first-order valence-corrected chi connectivity index (χ1v) is 10.2. The van der Waals surface area contributed by atoms with Crippen molar-refractivity contribution in [2.75, 3.05) is 27.3 Å². The average molecular weight is 404 g/mol. The highest BCUT2D eigenvalue weighted by Gasteiger charge is 2.15. The summed E-state index contributed by atoms with van der Waals surface area (Å²) in [5, 5.41) is 13.2. The second-order valence-electron chi connectivity index (χ2n) is 6.94. The Morgan fingerprint density at radius 1 is 0.900 bits per heavy atom. The minimum Gasteiger partial charge on any atom is -0.504 e. The molecule has 3 aromatic carbocycles. The first-order valence-electron chi connectivity index (χ1n) is 10.2. The van der Waals surface area contributed by atoms with Gasteiger partial charge in [-0.3, -0.25) is 0 Å². The number of hydrogen-bond donors (Lipinski definition) is 2. The zero-order valence-electron chi connectivity index (χ0n) is 17.8. The Morgan fingerprint density at radius 2 is 1.60 bits per heavy atom. The Bertz CT molecular complexity index is 979. The Hall–Kier alpha value is -3.24. The van der Waals surface area contributed by atoms with Crippen LogP contribution in [0.15, 0.2) is 72.8 Å². The van der Waals surface area contributed by atoms with Crippen LogP contribution in [-0.4, -0.2) is 32.4 Å². The fourth-order valence-corrected chi connectivity index (χ4v) is 3.50. The predicted molar refractivity (Wildman–Crippen MR) is 123 cm³/mol. The van der Waals surface area contributed by atoms with Crippen molar-refractivity contribution in [3.05, 3.63) is 89.5 Å². The maximum Gasteiger partial charge on any atom is 0.161 e. The molecule has 0 aliphatic carbocycles. The SMILES string of the molecule is CC/C(=C(/c1ccc(OCCNC)cc1)c1ccc(O)c(OC)c1)c1ccccc1. The molecule has 0 unspecified atom stereocenters. The summed E-state index contributed by atoms with van der Waals surface area (Å²) in [6.45, 7) is 3.58. The van der Waals surface area contributed by atoms with Gasteiger partial charge in [0, 0.05) is 6.54 Å². The molecule has 0 spiro atoms. The van der Waals surface area contributed by atoms with Gasteiger partial charge >= 0.3 is 0 Å². The Morgan fingerprint density at radius 3 is 2.23 bits per heavy atom. The number of allylic oxidation sites excluding steroid dienone is 1. The third-order valence-corrected chi connectivity index (χ3v) is 5.01. The van der Waals surface area contributed by atoms with Crippen molar-refractivity contribution in [2.24, 2.45) is 0 Å². The summed E-state index contributed by atoms with van der Waals surface area (Å²) < 4.78 is 11.1. The number of hydrogen-bond acceptors (Lipinski definition) is 4. The van der Waals surface area contributed by atoms with Gasteiger partial charge in [-0.05, 0) is 65.6 Å². The lowest BCUT2D eigenvalue weighted by Gasteiger charge is -2.18. The number of phenolic OH excluding ortho intramolecular Hbond substituents is 1. The summed E-state index contributed by atoms with van der Waals surface area (Å²) in [5.74, 6) is 1.43. The van der Waals surface area contributed by atoms with E-state index in [1.165, 1.54) is 11.1 Å². The number of methoxy groups -OCH3 is 1. The van der Waals surface area contributed by atoms with Crippen LogP contribution >= 0.6 is 0 Å². The van der Waals surface area contributed by atoms with Gasteiger partial charge in [0.25, 0.3) is 0 Å². The van der Waals surface area contributed by atoms with Crippen molar-refractivity contribution in [2.45, 2.75) is 13.3 Å². The Balaban J connectivity index is 2.12. The van der Waals surface area contributed by atoms with Gasteiger partial charge < -0.3 is 19.9 Å². The van der Waals surface area contributed by atoms with E-state index >= 15 is 0 Å². The van der Waals surface area contributed by atoms with Crippen molar-refractivity contribution >= 4 is 11.1 Å². The first kappa shape index (κ1) is 21.5. The first-order chi connectivity index (χ1) is 14.7. The van der Waals surface area contributed by atoms with Crippen LogP contribution in [0.1, 0.15) is 30.0 Å². The Labute approximate surface area is 178 Å². The lowest BCUT2D eigenvalue weighted by Crippen LogP contribution is -2.15. The van der Waals surface area contributed by atoms with E-state index in [-0.39, 0.29) is 5.75 Å². The maximum atomic E-state index is 10.1. The summed E-state index contributed by atoms with van der Waals surface area (Å²) in [7, 11) is 3.47. The molecule has 0 radical (unpaired) electrons. The van der Waals surface area contributed by atoms with Crippen LogP contribution in [0, 0.1) is 0 Å². The molecular formula is C26H29NO3. The molecule has 156 valence electrons. The molecule has 0 heterocycles. The van der Waals surface area contributed by atoms with Crippen molar-refractivity contribution in [1.82, 2.24) is 5.32 Å². The zero-order valence-corrected chi connectivity index (χ0v) is 17.8. The summed E-state index contributed by atoms with van der Waals surface area (Å²) in [5.41, 5.74) is 5.60. The van der Waals surface area contributed by atoms with Gasteiger partial charge in [-0.1, -0.05) is 55.5 Å². The summed E-state index contributed by atoms with van der Waals surface area (Å²) in [6.07, 6.45) is 0.864. The topological polar surface area (TPSA) is 50.7 Å². The van der Waals surface area contributed by atoms with Gasteiger partial charge in [0.2, 0.25) is 0 Å². The number of ether oxygens (including phenoxy) is 2. The van der Waals surface area contributed by atoms with Gasteiger partial charge in [-0.2, -0.15) is 0 Å². The van der Waals surface area contributed by atoms with E-state index in [2.05, 4.69) is 48.6 Å². The van der Waals surface area contributed by atoms with Gasteiger partial charge in [-0.15, -0.1) is 0 Å². The lowest BCUT2D eigenvalue weighted by atomic mass is 9.88. The smallest absolute Gasteiger partial charge is 0.161 e. The molecule has 4 heteroatoms. The van der Waals surface area contributed by atoms with Crippen LogP contribution in [0.4, 0.5) is 0 Å². The van der Waals surface area contributed by atoms with Crippen molar-refractivity contribution in [3.63, 3.8) is 0 Å². The lowest BCUT2D eigenvalue weighted by molar-refractivity contribution is 0.318.